The summed E-state index contributed by atoms with van der Waals surface area (Å²) in [5.74, 6) is -0.206. The van der Waals surface area contributed by atoms with Crippen molar-refractivity contribution in [2.24, 2.45) is 5.73 Å². The van der Waals surface area contributed by atoms with Crippen LogP contribution in [0.3, 0.4) is 0 Å². The molecule has 1 atom stereocenters. The average molecular weight is 285 g/mol. The van der Waals surface area contributed by atoms with Gasteiger partial charge >= 0.3 is 0 Å². The molecule has 1 rings (SSSR count). The Morgan fingerprint density at radius 3 is 2.37 bits per heavy atom. The first-order valence-corrected chi connectivity index (χ1v) is 7.46. The fourth-order valence-corrected chi connectivity index (χ4v) is 2.46. The highest BCUT2D eigenvalue weighted by atomic mass is 32.2. The zero-order chi connectivity index (χ0) is 14.5. The monoisotopic (exact) mass is 285 g/mol. The second-order valence-electron chi connectivity index (χ2n) is 4.23. The number of sulfonamides is 1. The maximum atomic E-state index is 11.9. The summed E-state index contributed by atoms with van der Waals surface area (Å²) in [6, 6.07) is 5.75. The van der Waals surface area contributed by atoms with Gasteiger partial charge in [-0.1, -0.05) is 6.92 Å². The summed E-state index contributed by atoms with van der Waals surface area (Å²) < 4.78 is 26.3. The Labute approximate surface area is 113 Å². The third-order valence-electron chi connectivity index (χ3n) is 2.54. The number of nitrogens with two attached hydrogens (primary N) is 1. The molecule has 0 saturated carbocycles. The van der Waals surface area contributed by atoms with Crippen LogP contribution in [0.5, 0.6) is 0 Å². The van der Waals surface area contributed by atoms with Gasteiger partial charge in [0.1, 0.15) is 0 Å². The third kappa shape index (κ3) is 4.98. The molecule has 19 heavy (non-hydrogen) atoms. The first kappa shape index (κ1) is 15.6. The van der Waals surface area contributed by atoms with Crippen molar-refractivity contribution >= 4 is 21.6 Å². The van der Waals surface area contributed by atoms with Crippen LogP contribution in [-0.4, -0.2) is 26.9 Å². The molecule has 106 valence electrons. The Morgan fingerprint density at radius 2 is 1.89 bits per heavy atom. The Morgan fingerprint density at radius 1 is 1.32 bits per heavy atom. The third-order valence-corrected chi connectivity index (χ3v) is 3.98. The van der Waals surface area contributed by atoms with Crippen LogP contribution in [0.2, 0.25) is 0 Å². The molecule has 4 N–H and O–H groups in total. The molecule has 0 saturated heterocycles. The molecule has 0 aliphatic heterocycles. The minimum atomic E-state index is -3.55. The highest BCUT2D eigenvalue weighted by Gasteiger charge is 2.14. The maximum absolute atomic E-state index is 11.9. The van der Waals surface area contributed by atoms with E-state index in [1.807, 2.05) is 6.92 Å². The van der Waals surface area contributed by atoms with E-state index in [0.29, 0.717) is 12.1 Å². The number of carbonyl (C=O) groups excluding carboxylic acids is 1. The molecule has 1 unspecified atom stereocenters. The van der Waals surface area contributed by atoms with Crippen molar-refractivity contribution in [3.63, 3.8) is 0 Å². The Hall–Kier alpha value is -1.44. The van der Waals surface area contributed by atoms with Gasteiger partial charge < -0.3 is 11.1 Å². The van der Waals surface area contributed by atoms with Gasteiger partial charge in [0.25, 0.3) is 0 Å². The van der Waals surface area contributed by atoms with Crippen molar-refractivity contribution in [1.82, 2.24) is 4.72 Å². The lowest BCUT2D eigenvalue weighted by Gasteiger charge is -2.11. The van der Waals surface area contributed by atoms with Crippen LogP contribution >= 0.6 is 0 Å². The van der Waals surface area contributed by atoms with E-state index in [1.54, 1.807) is 0 Å². The minimum Gasteiger partial charge on any atom is -0.327 e. The summed E-state index contributed by atoms with van der Waals surface area (Å²) in [5.41, 5.74) is 6.22. The summed E-state index contributed by atoms with van der Waals surface area (Å²) in [6.45, 7) is 3.48. The van der Waals surface area contributed by atoms with Crippen LogP contribution in [0, 0.1) is 0 Å². The Bertz CT molecular complexity index is 526. The summed E-state index contributed by atoms with van der Waals surface area (Å²) >= 11 is 0. The number of nitrogens with one attached hydrogen (secondary N) is 2. The Balaban J connectivity index is 2.76. The first-order chi connectivity index (χ1) is 8.85. The standard InChI is InChI=1S/C12H19N3O3S/c1-3-10(13)8-14-19(17,18)12-6-4-11(5-7-12)15-9(2)16/h4-7,10,14H,3,8,13H2,1-2H3,(H,15,16). The smallest absolute Gasteiger partial charge is 0.240 e. The predicted octanol–water partition coefficient (Wildman–Crippen LogP) is 0.661. The molecule has 0 radical (unpaired) electrons. The van der Waals surface area contributed by atoms with Gasteiger partial charge in [-0.3, -0.25) is 4.79 Å². The molecule has 0 spiro atoms. The van der Waals surface area contributed by atoms with Gasteiger partial charge in [0, 0.05) is 25.2 Å². The molecule has 0 aliphatic rings. The van der Waals surface area contributed by atoms with Crippen molar-refractivity contribution in [3.05, 3.63) is 24.3 Å². The van der Waals surface area contributed by atoms with Crippen LogP contribution in [0.4, 0.5) is 5.69 Å². The predicted molar refractivity (Wildman–Crippen MR) is 74.2 cm³/mol. The average Bonchev–Trinajstić information content (AvgIpc) is 2.36. The van der Waals surface area contributed by atoms with Crippen LogP contribution in [0.15, 0.2) is 29.2 Å². The number of carbonyl (C=O) groups is 1. The van der Waals surface area contributed by atoms with Gasteiger partial charge in [0.05, 0.1) is 4.90 Å². The molecular weight excluding hydrogens is 266 g/mol. The quantitative estimate of drug-likeness (QED) is 0.714. The van der Waals surface area contributed by atoms with E-state index >= 15 is 0 Å². The van der Waals surface area contributed by atoms with Gasteiger partial charge in [-0.15, -0.1) is 0 Å². The van der Waals surface area contributed by atoms with Gasteiger partial charge in [-0.2, -0.15) is 0 Å². The van der Waals surface area contributed by atoms with E-state index in [4.69, 9.17) is 5.73 Å². The molecule has 0 aliphatic carbocycles. The van der Waals surface area contributed by atoms with E-state index in [0.717, 1.165) is 0 Å². The molecule has 0 fully saturated rings. The topological polar surface area (TPSA) is 101 Å². The van der Waals surface area contributed by atoms with Crippen LogP contribution in [0.1, 0.15) is 20.3 Å². The fourth-order valence-electron chi connectivity index (χ4n) is 1.37. The number of anilines is 1. The lowest BCUT2D eigenvalue weighted by molar-refractivity contribution is -0.114. The fraction of sp³-hybridized carbons (Fsp3) is 0.417. The summed E-state index contributed by atoms with van der Waals surface area (Å²) in [6.07, 6.45) is 0.698. The SMILES string of the molecule is CCC(N)CNS(=O)(=O)c1ccc(NC(C)=O)cc1. The van der Waals surface area contributed by atoms with Crippen LogP contribution in [-0.2, 0) is 14.8 Å². The van der Waals surface area contributed by atoms with Gasteiger partial charge in [0.2, 0.25) is 15.9 Å². The molecule has 7 heteroatoms. The minimum absolute atomic E-state index is 0.143. The number of hydrogen-bond acceptors (Lipinski definition) is 4. The highest BCUT2D eigenvalue weighted by molar-refractivity contribution is 7.89. The number of benzene rings is 1. The molecule has 0 bridgehead atoms. The lowest BCUT2D eigenvalue weighted by Crippen LogP contribution is -2.36. The molecule has 0 aromatic heterocycles. The van der Waals surface area contributed by atoms with Crippen LogP contribution < -0.4 is 15.8 Å². The zero-order valence-electron chi connectivity index (χ0n) is 11.0. The molecule has 6 nitrogen and oxygen atoms in total. The number of amides is 1. The highest BCUT2D eigenvalue weighted by Crippen LogP contribution is 2.13. The second kappa shape index (κ2) is 6.65. The maximum Gasteiger partial charge on any atom is 0.240 e. The van der Waals surface area contributed by atoms with Gasteiger partial charge in [-0.25, -0.2) is 13.1 Å². The van der Waals surface area contributed by atoms with Crippen molar-refractivity contribution in [3.8, 4) is 0 Å². The van der Waals surface area contributed by atoms with E-state index in [2.05, 4.69) is 10.0 Å². The molecule has 1 aromatic carbocycles. The largest absolute Gasteiger partial charge is 0.327 e. The van der Waals surface area contributed by atoms with Crippen molar-refractivity contribution < 1.29 is 13.2 Å². The van der Waals surface area contributed by atoms with Crippen molar-refractivity contribution in [2.45, 2.75) is 31.2 Å². The molecule has 1 amide bonds. The van der Waals surface area contributed by atoms with Crippen molar-refractivity contribution in [1.29, 1.82) is 0 Å². The van der Waals surface area contributed by atoms with Gasteiger partial charge in [0.15, 0.2) is 0 Å². The molecule has 0 heterocycles. The summed E-state index contributed by atoms with van der Waals surface area (Å²) in [4.78, 5) is 11.0. The van der Waals surface area contributed by atoms with E-state index in [-0.39, 0.29) is 23.4 Å². The second-order valence-corrected chi connectivity index (χ2v) is 5.99. The van der Waals surface area contributed by atoms with E-state index < -0.39 is 10.0 Å². The van der Waals surface area contributed by atoms with Gasteiger partial charge in [-0.05, 0) is 30.7 Å². The Kier molecular flexibility index (Phi) is 5.46. The first-order valence-electron chi connectivity index (χ1n) is 5.98. The summed E-state index contributed by atoms with van der Waals surface area (Å²) in [5, 5.41) is 2.57. The summed E-state index contributed by atoms with van der Waals surface area (Å²) in [7, 11) is -3.55. The normalized spacial score (nSPS) is 13.0. The lowest BCUT2D eigenvalue weighted by atomic mass is 10.2. The van der Waals surface area contributed by atoms with E-state index in [9.17, 15) is 13.2 Å². The number of hydrogen-bond donors (Lipinski definition) is 3. The van der Waals surface area contributed by atoms with Crippen molar-refractivity contribution in [2.75, 3.05) is 11.9 Å². The molecular formula is C12H19N3O3S. The van der Waals surface area contributed by atoms with Crippen LogP contribution in [0.25, 0.3) is 0 Å². The molecule has 1 aromatic rings. The number of rotatable bonds is 6. The van der Waals surface area contributed by atoms with E-state index in [1.165, 1.54) is 31.2 Å². The zero-order valence-corrected chi connectivity index (χ0v) is 11.8.